The van der Waals surface area contributed by atoms with E-state index >= 15 is 0 Å². The van der Waals surface area contributed by atoms with Crippen LogP contribution < -0.4 is 10.9 Å². The van der Waals surface area contributed by atoms with Gasteiger partial charge in [0.05, 0.1) is 0 Å². The van der Waals surface area contributed by atoms with Crippen LogP contribution in [0.2, 0.25) is 5.15 Å². The smallest absolute Gasteiger partial charge is 0.255 e. The number of halogens is 1. The van der Waals surface area contributed by atoms with E-state index in [1.165, 1.54) is 10.6 Å². The van der Waals surface area contributed by atoms with Gasteiger partial charge in [-0.15, -0.1) is 0 Å². The fourth-order valence-electron chi connectivity index (χ4n) is 2.58. The zero-order valence-electron chi connectivity index (χ0n) is 11.9. The number of hydrogen-bond acceptors (Lipinski definition) is 3. The van der Waals surface area contributed by atoms with Gasteiger partial charge in [0.25, 0.3) is 5.56 Å². The summed E-state index contributed by atoms with van der Waals surface area (Å²) < 4.78 is 1.40. The van der Waals surface area contributed by atoms with Crippen LogP contribution in [-0.4, -0.2) is 21.5 Å². The minimum Gasteiger partial charge on any atom is -0.352 e. The molecule has 110 valence electrons. The number of rotatable bonds is 4. The predicted molar refractivity (Wildman–Crippen MR) is 78.0 cm³/mol. The molecular formula is C14H20ClN3O2. The Morgan fingerprint density at radius 3 is 2.75 bits per heavy atom. The van der Waals surface area contributed by atoms with Crippen molar-refractivity contribution in [3.8, 4) is 0 Å². The predicted octanol–water partition coefficient (Wildman–Crippen LogP) is 2.08. The molecule has 0 saturated heterocycles. The lowest BCUT2D eigenvalue weighted by Gasteiger charge is -2.16. The summed E-state index contributed by atoms with van der Waals surface area (Å²) in [6.45, 7) is 3.85. The molecule has 20 heavy (non-hydrogen) atoms. The van der Waals surface area contributed by atoms with Crippen molar-refractivity contribution in [1.82, 2.24) is 14.9 Å². The molecule has 0 aliphatic heterocycles. The summed E-state index contributed by atoms with van der Waals surface area (Å²) >= 11 is 5.82. The summed E-state index contributed by atoms with van der Waals surface area (Å²) in [5.41, 5.74) is -0.282. The molecule has 1 aromatic heterocycles. The lowest BCUT2D eigenvalue weighted by Crippen LogP contribution is -2.38. The highest BCUT2D eigenvalue weighted by atomic mass is 35.5. The summed E-state index contributed by atoms with van der Waals surface area (Å²) in [7, 11) is 0. The van der Waals surface area contributed by atoms with Crippen molar-refractivity contribution >= 4 is 17.5 Å². The Hall–Kier alpha value is -1.36. The summed E-state index contributed by atoms with van der Waals surface area (Å²) in [5, 5.41) is 3.15. The number of amides is 1. The van der Waals surface area contributed by atoms with Crippen molar-refractivity contribution in [1.29, 1.82) is 0 Å². The van der Waals surface area contributed by atoms with Crippen molar-refractivity contribution in [2.45, 2.75) is 58.0 Å². The minimum absolute atomic E-state index is 0.00696. The van der Waals surface area contributed by atoms with Gasteiger partial charge in [0.2, 0.25) is 5.91 Å². The van der Waals surface area contributed by atoms with Gasteiger partial charge in [-0.25, -0.2) is 4.98 Å². The molecule has 0 atom stereocenters. The third kappa shape index (κ3) is 3.60. The molecule has 2 rings (SSSR count). The number of carbonyl (C=O) groups is 1. The molecule has 0 bridgehead atoms. The van der Waals surface area contributed by atoms with Gasteiger partial charge in [0.15, 0.2) is 0 Å². The number of carbonyl (C=O) groups excluding carboxylic acids is 1. The SMILES string of the molecule is CC(C)c1nc(Cl)cc(=O)n1CC(=O)NC1CCCC1. The van der Waals surface area contributed by atoms with Gasteiger partial charge < -0.3 is 5.32 Å². The van der Waals surface area contributed by atoms with E-state index < -0.39 is 0 Å². The molecule has 0 unspecified atom stereocenters. The monoisotopic (exact) mass is 297 g/mol. The molecular weight excluding hydrogens is 278 g/mol. The number of nitrogens with one attached hydrogen (secondary N) is 1. The van der Waals surface area contributed by atoms with E-state index in [2.05, 4.69) is 10.3 Å². The molecule has 1 amide bonds. The highest BCUT2D eigenvalue weighted by Crippen LogP contribution is 2.17. The molecule has 1 aliphatic rings. The quantitative estimate of drug-likeness (QED) is 0.866. The minimum atomic E-state index is -0.282. The second-order valence-corrected chi connectivity index (χ2v) is 5.95. The highest BCUT2D eigenvalue weighted by Gasteiger charge is 2.19. The van der Waals surface area contributed by atoms with E-state index in [4.69, 9.17) is 11.6 Å². The Labute approximate surface area is 123 Å². The molecule has 0 aromatic carbocycles. The second kappa shape index (κ2) is 6.39. The summed E-state index contributed by atoms with van der Waals surface area (Å²) in [5.74, 6) is 0.440. The summed E-state index contributed by atoms with van der Waals surface area (Å²) in [4.78, 5) is 28.2. The first-order chi connectivity index (χ1) is 9.47. The fourth-order valence-corrected chi connectivity index (χ4v) is 2.76. The lowest BCUT2D eigenvalue weighted by molar-refractivity contribution is -0.122. The topological polar surface area (TPSA) is 64.0 Å². The van der Waals surface area contributed by atoms with Gasteiger partial charge >= 0.3 is 0 Å². The molecule has 1 N–H and O–H groups in total. The zero-order chi connectivity index (χ0) is 14.7. The largest absolute Gasteiger partial charge is 0.352 e. The van der Waals surface area contributed by atoms with Gasteiger partial charge in [0.1, 0.15) is 17.5 Å². The molecule has 0 spiro atoms. The zero-order valence-corrected chi connectivity index (χ0v) is 12.6. The molecule has 1 saturated carbocycles. The van der Waals surface area contributed by atoms with Gasteiger partial charge in [-0.3, -0.25) is 14.2 Å². The maximum Gasteiger partial charge on any atom is 0.255 e. The third-order valence-electron chi connectivity index (χ3n) is 3.54. The van der Waals surface area contributed by atoms with E-state index in [0.717, 1.165) is 25.7 Å². The van der Waals surface area contributed by atoms with Crippen LogP contribution >= 0.6 is 11.6 Å². The molecule has 0 radical (unpaired) electrons. The van der Waals surface area contributed by atoms with Crippen molar-refractivity contribution < 1.29 is 4.79 Å². The first-order valence-corrected chi connectivity index (χ1v) is 7.42. The number of nitrogens with zero attached hydrogens (tertiary/aromatic N) is 2. The van der Waals surface area contributed by atoms with Crippen molar-refractivity contribution in [2.75, 3.05) is 0 Å². The van der Waals surface area contributed by atoms with Crippen molar-refractivity contribution in [2.24, 2.45) is 0 Å². The van der Waals surface area contributed by atoms with E-state index in [-0.39, 0.29) is 35.1 Å². The van der Waals surface area contributed by atoms with Crippen LogP contribution in [0.3, 0.4) is 0 Å². The molecule has 1 aliphatic carbocycles. The van der Waals surface area contributed by atoms with E-state index in [1.54, 1.807) is 0 Å². The number of hydrogen-bond donors (Lipinski definition) is 1. The Kier molecular flexibility index (Phi) is 4.81. The van der Waals surface area contributed by atoms with Crippen LogP contribution in [0, 0.1) is 0 Å². The van der Waals surface area contributed by atoms with Crippen LogP contribution in [-0.2, 0) is 11.3 Å². The van der Waals surface area contributed by atoms with E-state index in [0.29, 0.717) is 5.82 Å². The molecule has 1 aromatic rings. The average molecular weight is 298 g/mol. The van der Waals surface area contributed by atoms with Crippen molar-refractivity contribution in [3.05, 3.63) is 27.4 Å². The molecule has 5 nitrogen and oxygen atoms in total. The number of aromatic nitrogens is 2. The average Bonchev–Trinajstić information content (AvgIpc) is 2.84. The fraction of sp³-hybridized carbons (Fsp3) is 0.643. The van der Waals surface area contributed by atoms with Crippen LogP contribution in [0.25, 0.3) is 0 Å². The van der Waals surface area contributed by atoms with Gasteiger partial charge in [-0.1, -0.05) is 38.3 Å². The maximum atomic E-state index is 12.0. The Morgan fingerprint density at radius 2 is 2.15 bits per heavy atom. The van der Waals surface area contributed by atoms with Crippen LogP contribution in [0.4, 0.5) is 0 Å². The van der Waals surface area contributed by atoms with Crippen molar-refractivity contribution in [3.63, 3.8) is 0 Å². The van der Waals surface area contributed by atoms with Gasteiger partial charge in [0, 0.05) is 18.0 Å². The third-order valence-corrected chi connectivity index (χ3v) is 3.74. The van der Waals surface area contributed by atoms with E-state index in [9.17, 15) is 9.59 Å². The Morgan fingerprint density at radius 1 is 1.50 bits per heavy atom. The standard InChI is InChI=1S/C14H20ClN3O2/c1-9(2)14-17-11(15)7-13(20)18(14)8-12(19)16-10-5-3-4-6-10/h7,9-10H,3-6,8H2,1-2H3,(H,16,19). The first-order valence-electron chi connectivity index (χ1n) is 7.04. The Bertz CT molecular complexity index is 548. The normalized spacial score (nSPS) is 15.8. The first kappa shape index (κ1) is 15.0. The van der Waals surface area contributed by atoms with Crippen LogP contribution in [0.1, 0.15) is 51.3 Å². The summed E-state index contributed by atoms with van der Waals surface area (Å²) in [6, 6.07) is 1.50. The lowest BCUT2D eigenvalue weighted by atomic mass is 10.2. The van der Waals surface area contributed by atoms with Gasteiger partial charge in [-0.2, -0.15) is 0 Å². The van der Waals surface area contributed by atoms with Gasteiger partial charge in [-0.05, 0) is 12.8 Å². The second-order valence-electron chi connectivity index (χ2n) is 5.57. The van der Waals surface area contributed by atoms with E-state index in [1.807, 2.05) is 13.8 Å². The summed E-state index contributed by atoms with van der Waals surface area (Å²) in [6.07, 6.45) is 4.36. The molecule has 1 heterocycles. The maximum absolute atomic E-state index is 12.0. The molecule has 1 fully saturated rings. The molecule has 6 heteroatoms. The van der Waals surface area contributed by atoms with Crippen LogP contribution in [0.5, 0.6) is 0 Å². The highest BCUT2D eigenvalue weighted by molar-refractivity contribution is 6.29. The van der Waals surface area contributed by atoms with Crippen LogP contribution in [0.15, 0.2) is 10.9 Å². The Balaban J connectivity index is 2.15.